The van der Waals surface area contributed by atoms with Crippen molar-refractivity contribution >= 4 is 34.8 Å². The molecule has 2 aromatic heterocycles. The van der Waals surface area contributed by atoms with Crippen LogP contribution in [-0.4, -0.2) is 16.8 Å². The van der Waals surface area contributed by atoms with Crippen LogP contribution in [0.3, 0.4) is 0 Å². The molecule has 2 N–H and O–H groups in total. The van der Waals surface area contributed by atoms with E-state index in [9.17, 15) is 9.59 Å². The second-order valence-electron chi connectivity index (χ2n) is 4.43. The van der Waals surface area contributed by atoms with Crippen molar-refractivity contribution in [1.29, 1.82) is 0 Å². The van der Waals surface area contributed by atoms with Gasteiger partial charge in [-0.05, 0) is 36.4 Å². The van der Waals surface area contributed by atoms with Crippen LogP contribution in [0.15, 0.2) is 52.5 Å². The molecule has 1 aromatic carbocycles. The van der Waals surface area contributed by atoms with Crippen LogP contribution in [0.25, 0.3) is 10.8 Å². The SMILES string of the molecule is O=C(NNC(=O)c1csc(-c2ccco2)n1)c1ccc(Cl)cc1. The fourth-order valence-corrected chi connectivity index (χ4v) is 2.63. The standard InChI is InChI=1S/C15H10ClN3O3S/c16-10-5-3-9(4-6-10)13(20)18-19-14(21)11-8-23-15(17-11)12-2-1-7-22-12/h1-8H,(H,18,20)(H,19,21). The van der Waals surface area contributed by atoms with E-state index in [2.05, 4.69) is 15.8 Å². The van der Waals surface area contributed by atoms with E-state index in [0.717, 1.165) is 0 Å². The normalized spacial score (nSPS) is 10.3. The summed E-state index contributed by atoms with van der Waals surface area (Å²) in [4.78, 5) is 28.0. The summed E-state index contributed by atoms with van der Waals surface area (Å²) in [6.45, 7) is 0. The zero-order valence-electron chi connectivity index (χ0n) is 11.6. The van der Waals surface area contributed by atoms with Gasteiger partial charge in [0.15, 0.2) is 10.8 Å². The van der Waals surface area contributed by atoms with Crippen molar-refractivity contribution in [3.8, 4) is 10.8 Å². The Labute approximate surface area is 140 Å². The molecule has 0 atom stereocenters. The predicted molar refractivity (Wildman–Crippen MR) is 86.2 cm³/mol. The average molecular weight is 348 g/mol. The number of hydrazine groups is 1. The molecular formula is C15H10ClN3O3S. The topological polar surface area (TPSA) is 84.2 Å². The van der Waals surface area contributed by atoms with E-state index in [0.29, 0.717) is 21.4 Å². The number of aromatic nitrogens is 1. The largest absolute Gasteiger partial charge is 0.462 e. The predicted octanol–water partition coefficient (Wildman–Crippen LogP) is 3.13. The summed E-state index contributed by atoms with van der Waals surface area (Å²) in [6.07, 6.45) is 1.53. The molecule has 0 saturated carbocycles. The number of nitrogens with one attached hydrogen (secondary N) is 2. The van der Waals surface area contributed by atoms with Crippen LogP contribution in [0.5, 0.6) is 0 Å². The number of carbonyl (C=O) groups is 2. The number of hydrogen-bond donors (Lipinski definition) is 2. The van der Waals surface area contributed by atoms with Crippen LogP contribution in [0.1, 0.15) is 20.8 Å². The summed E-state index contributed by atoms with van der Waals surface area (Å²) < 4.78 is 5.21. The molecule has 0 saturated heterocycles. The fourth-order valence-electron chi connectivity index (χ4n) is 1.74. The smallest absolute Gasteiger partial charge is 0.289 e. The lowest BCUT2D eigenvalue weighted by molar-refractivity contribution is 0.0844. The molecule has 3 aromatic rings. The molecule has 116 valence electrons. The van der Waals surface area contributed by atoms with Gasteiger partial charge < -0.3 is 4.42 Å². The minimum absolute atomic E-state index is 0.192. The summed E-state index contributed by atoms with van der Waals surface area (Å²) in [5.41, 5.74) is 5.20. The first-order valence-corrected chi connectivity index (χ1v) is 7.75. The number of benzene rings is 1. The second kappa shape index (κ2) is 6.64. The van der Waals surface area contributed by atoms with Gasteiger partial charge in [0.1, 0.15) is 5.69 Å². The molecule has 8 heteroatoms. The van der Waals surface area contributed by atoms with Gasteiger partial charge in [0, 0.05) is 16.0 Å². The Hall–Kier alpha value is -2.64. The maximum atomic E-state index is 12.0. The fraction of sp³-hybridized carbons (Fsp3) is 0. The van der Waals surface area contributed by atoms with Crippen molar-refractivity contribution in [2.24, 2.45) is 0 Å². The van der Waals surface area contributed by atoms with Gasteiger partial charge in [-0.15, -0.1) is 11.3 Å². The van der Waals surface area contributed by atoms with Gasteiger partial charge in [-0.3, -0.25) is 20.4 Å². The number of hydrogen-bond acceptors (Lipinski definition) is 5. The number of nitrogens with zero attached hydrogens (tertiary/aromatic N) is 1. The van der Waals surface area contributed by atoms with Crippen molar-refractivity contribution in [2.45, 2.75) is 0 Å². The number of carbonyl (C=O) groups excluding carboxylic acids is 2. The van der Waals surface area contributed by atoms with Gasteiger partial charge in [-0.2, -0.15) is 0 Å². The molecule has 3 rings (SSSR count). The minimum Gasteiger partial charge on any atom is -0.462 e. The van der Waals surface area contributed by atoms with E-state index in [1.54, 1.807) is 41.8 Å². The van der Waals surface area contributed by atoms with Crippen molar-refractivity contribution in [2.75, 3.05) is 0 Å². The highest BCUT2D eigenvalue weighted by Gasteiger charge is 2.14. The first-order valence-electron chi connectivity index (χ1n) is 6.49. The number of thiazole rings is 1. The quantitative estimate of drug-likeness (QED) is 0.713. The van der Waals surface area contributed by atoms with Gasteiger partial charge in [0.25, 0.3) is 11.8 Å². The molecule has 0 aliphatic heterocycles. The molecule has 2 heterocycles. The van der Waals surface area contributed by atoms with Crippen LogP contribution in [0.2, 0.25) is 5.02 Å². The molecule has 2 amide bonds. The Morgan fingerprint density at radius 3 is 2.52 bits per heavy atom. The number of furan rings is 1. The highest BCUT2D eigenvalue weighted by molar-refractivity contribution is 7.13. The Balaban J connectivity index is 1.61. The molecule has 0 aliphatic carbocycles. The average Bonchev–Trinajstić information content (AvgIpc) is 3.23. The van der Waals surface area contributed by atoms with E-state index >= 15 is 0 Å². The van der Waals surface area contributed by atoms with E-state index in [-0.39, 0.29) is 5.69 Å². The van der Waals surface area contributed by atoms with Gasteiger partial charge in [0.05, 0.1) is 6.26 Å². The van der Waals surface area contributed by atoms with E-state index < -0.39 is 11.8 Å². The number of halogens is 1. The molecule has 0 radical (unpaired) electrons. The second-order valence-corrected chi connectivity index (χ2v) is 5.72. The van der Waals surface area contributed by atoms with E-state index in [4.69, 9.17) is 16.0 Å². The lowest BCUT2D eigenvalue weighted by atomic mass is 10.2. The van der Waals surface area contributed by atoms with Crippen LogP contribution in [0.4, 0.5) is 0 Å². The Morgan fingerprint density at radius 2 is 1.83 bits per heavy atom. The van der Waals surface area contributed by atoms with Gasteiger partial charge >= 0.3 is 0 Å². The maximum Gasteiger partial charge on any atom is 0.289 e. The van der Waals surface area contributed by atoms with E-state index in [1.165, 1.54) is 17.6 Å². The maximum absolute atomic E-state index is 12.0. The first-order chi connectivity index (χ1) is 11.1. The lowest BCUT2D eigenvalue weighted by Crippen LogP contribution is -2.41. The first kappa shape index (κ1) is 15.3. The van der Waals surface area contributed by atoms with Gasteiger partial charge in [-0.25, -0.2) is 4.98 Å². The number of amides is 2. The summed E-state index contributed by atoms with van der Waals surface area (Å²) in [6, 6.07) is 9.79. The van der Waals surface area contributed by atoms with Crippen LogP contribution >= 0.6 is 22.9 Å². The molecule has 0 aliphatic rings. The molecule has 0 spiro atoms. The molecule has 0 fully saturated rings. The Morgan fingerprint density at radius 1 is 1.09 bits per heavy atom. The third-order valence-corrected chi connectivity index (χ3v) is 3.97. The molecule has 23 heavy (non-hydrogen) atoms. The third-order valence-electron chi connectivity index (χ3n) is 2.86. The Kier molecular flexibility index (Phi) is 4.40. The minimum atomic E-state index is -0.513. The zero-order chi connectivity index (χ0) is 16.2. The number of rotatable bonds is 3. The molecule has 0 unspecified atom stereocenters. The zero-order valence-corrected chi connectivity index (χ0v) is 13.1. The van der Waals surface area contributed by atoms with Crippen molar-refractivity contribution in [3.63, 3.8) is 0 Å². The third kappa shape index (κ3) is 3.58. The summed E-state index contributed by atoms with van der Waals surface area (Å²) >= 11 is 7.03. The van der Waals surface area contributed by atoms with Gasteiger partial charge in [-0.1, -0.05) is 11.6 Å². The van der Waals surface area contributed by atoms with E-state index in [1.807, 2.05) is 0 Å². The highest BCUT2D eigenvalue weighted by atomic mass is 35.5. The summed E-state index contributed by atoms with van der Waals surface area (Å²) in [5.74, 6) is -0.378. The van der Waals surface area contributed by atoms with Crippen LogP contribution < -0.4 is 10.9 Å². The molecule has 0 bridgehead atoms. The van der Waals surface area contributed by atoms with Crippen LogP contribution in [0, 0.1) is 0 Å². The highest BCUT2D eigenvalue weighted by Crippen LogP contribution is 2.23. The van der Waals surface area contributed by atoms with Crippen molar-refractivity contribution < 1.29 is 14.0 Å². The molecular weight excluding hydrogens is 338 g/mol. The summed E-state index contributed by atoms with van der Waals surface area (Å²) in [7, 11) is 0. The van der Waals surface area contributed by atoms with Crippen LogP contribution in [-0.2, 0) is 0 Å². The Bertz CT molecular complexity index is 828. The van der Waals surface area contributed by atoms with Gasteiger partial charge in [0.2, 0.25) is 0 Å². The monoisotopic (exact) mass is 347 g/mol. The molecule has 6 nitrogen and oxygen atoms in total. The lowest BCUT2D eigenvalue weighted by Gasteiger charge is -2.05. The van der Waals surface area contributed by atoms with Crippen molar-refractivity contribution in [3.05, 3.63) is 64.3 Å². The van der Waals surface area contributed by atoms with Crippen molar-refractivity contribution in [1.82, 2.24) is 15.8 Å². The summed E-state index contributed by atoms with van der Waals surface area (Å²) in [5, 5.41) is 2.70.